The SMILES string of the molecule is CCCCN(CCBr)Cc1ccccn1. The highest BCUT2D eigenvalue weighted by Gasteiger charge is 2.04. The molecule has 1 aromatic rings. The van der Waals surface area contributed by atoms with Gasteiger partial charge in [-0.25, -0.2) is 0 Å². The molecule has 2 nitrogen and oxygen atoms in total. The Hall–Kier alpha value is -0.410. The molecule has 15 heavy (non-hydrogen) atoms. The number of nitrogens with zero attached hydrogens (tertiary/aromatic N) is 2. The highest BCUT2D eigenvalue weighted by molar-refractivity contribution is 9.09. The van der Waals surface area contributed by atoms with Gasteiger partial charge in [-0.2, -0.15) is 0 Å². The summed E-state index contributed by atoms with van der Waals surface area (Å²) in [6.07, 6.45) is 4.38. The fraction of sp³-hybridized carbons (Fsp3) is 0.583. The molecule has 0 aromatic carbocycles. The predicted octanol–water partition coefficient (Wildman–Crippen LogP) is 3.08. The first-order valence-corrected chi connectivity index (χ1v) is 6.67. The van der Waals surface area contributed by atoms with Crippen LogP contribution in [0.4, 0.5) is 0 Å². The van der Waals surface area contributed by atoms with Crippen molar-refractivity contribution >= 4 is 15.9 Å². The summed E-state index contributed by atoms with van der Waals surface area (Å²) in [4.78, 5) is 6.80. The van der Waals surface area contributed by atoms with Gasteiger partial charge in [-0.1, -0.05) is 35.3 Å². The lowest BCUT2D eigenvalue weighted by molar-refractivity contribution is 0.275. The van der Waals surface area contributed by atoms with Crippen LogP contribution in [0.3, 0.4) is 0 Å². The van der Waals surface area contributed by atoms with Crippen LogP contribution in [0, 0.1) is 0 Å². The average Bonchev–Trinajstić information content (AvgIpc) is 2.28. The molecular weight excluding hydrogens is 252 g/mol. The number of hydrogen-bond acceptors (Lipinski definition) is 2. The van der Waals surface area contributed by atoms with Gasteiger partial charge in [0.25, 0.3) is 0 Å². The third-order valence-corrected chi connectivity index (χ3v) is 2.70. The molecule has 0 saturated carbocycles. The number of halogens is 1. The zero-order chi connectivity index (χ0) is 10.9. The molecule has 84 valence electrons. The lowest BCUT2D eigenvalue weighted by Gasteiger charge is -2.20. The lowest BCUT2D eigenvalue weighted by atomic mass is 10.3. The number of hydrogen-bond donors (Lipinski definition) is 0. The molecule has 0 radical (unpaired) electrons. The quantitative estimate of drug-likeness (QED) is 0.708. The van der Waals surface area contributed by atoms with Crippen LogP contribution in [-0.4, -0.2) is 28.3 Å². The summed E-state index contributed by atoms with van der Waals surface area (Å²) in [6, 6.07) is 6.10. The second-order valence-electron chi connectivity index (χ2n) is 3.64. The van der Waals surface area contributed by atoms with E-state index in [0.717, 1.165) is 24.1 Å². The van der Waals surface area contributed by atoms with E-state index < -0.39 is 0 Å². The van der Waals surface area contributed by atoms with Crippen molar-refractivity contribution in [3.8, 4) is 0 Å². The Bertz CT molecular complexity index is 251. The molecular formula is C12H19BrN2. The maximum absolute atomic E-state index is 4.35. The van der Waals surface area contributed by atoms with Crippen LogP contribution >= 0.6 is 15.9 Å². The van der Waals surface area contributed by atoms with Gasteiger partial charge >= 0.3 is 0 Å². The highest BCUT2D eigenvalue weighted by atomic mass is 79.9. The standard InChI is InChI=1S/C12H19BrN2/c1-2-3-9-15(10-7-13)11-12-6-4-5-8-14-12/h4-6,8H,2-3,7,9-11H2,1H3. The Morgan fingerprint density at radius 3 is 2.80 bits per heavy atom. The first-order valence-electron chi connectivity index (χ1n) is 5.55. The van der Waals surface area contributed by atoms with E-state index in [1.807, 2.05) is 12.3 Å². The number of alkyl halides is 1. The van der Waals surface area contributed by atoms with Crippen molar-refractivity contribution in [3.63, 3.8) is 0 Å². The molecule has 3 heteroatoms. The van der Waals surface area contributed by atoms with Crippen LogP contribution in [0.5, 0.6) is 0 Å². The topological polar surface area (TPSA) is 16.1 Å². The maximum Gasteiger partial charge on any atom is 0.0543 e. The Morgan fingerprint density at radius 1 is 1.33 bits per heavy atom. The zero-order valence-corrected chi connectivity index (χ0v) is 10.9. The Morgan fingerprint density at radius 2 is 2.20 bits per heavy atom. The van der Waals surface area contributed by atoms with E-state index in [0.29, 0.717) is 0 Å². The molecule has 0 aliphatic heterocycles. The molecule has 0 unspecified atom stereocenters. The van der Waals surface area contributed by atoms with Crippen LogP contribution in [0.15, 0.2) is 24.4 Å². The van der Waals surface area contributed by atoms with E-state index >= 15 is 0 Å². The number of unbranched alkanes of at least 4 members (excludes halogenated alkanes) is 1. The van der Waals surface area contributed by atoms with Crippen LogP contribution in [-0.2, 0) is 6.54 Å². The lowest BCUT2D eigenvalue weighted by Crippen LogP contribution is -2.26. The van der Waals surface area contributed by atoms with Crippen molar-refractivity contribution in [3.05, 3.63) is 30.1 Å². The summed E-state index contributed by atoms with van der Waals surface area (Å²) in [5, 5.41) is 1.03. The van der Waals surface area contributed by atoms with E-state index in [4.69, 9.17) is 0 Å². The number of aromatic nitrogens is 1. The Balaban J connectivity index is 2.43. The molecule has 0 aliphatic rings. The average molecular weight is 271 g/mol. The Labute approximate surface area is 101 Å². The molecule has 1 rings (SSSR count). The largest absolute Gasteiger partial charge is 0.297 e. The fourth-order valence-electron chi connectivity index (χ4n) is 1.49. The van der Waals surface area contributed by atoms with Gasteiger partial charge in [0.15, 0.2) is 0 Å². The minimum atomic E-state index is 0.965. The summed E-state index contributed by atoms with van der Waals surface area (Å²) in [7, 11) is 0. The van der Waals surface area contributed by atoms with Crippen LogP contribution < -0.4 is 0 Å². The fourth-order valence-corrected chi connectivity index (χ4v) is 1.99. The van der Waals surface area contributed by atoms with Gasteiger partial charge in [-0.3, -0.25) is 9.88 Å². The number of rotatable bonds is 7. The monoisotopic (exact) mass is 270 g/mol. The molecule has 0 saturated heterocycles. The molecule has 0 N–H and O–H groups in total. The molecule has 0 aliphatic carbocycles. The van der Waals surface area contributed by atoms with Gasteiger partial charge in [0.2, 0.25) is 0 Å². The molecule has 0 amide bonds. The van der Waals surface area contributed by atoms with Crippen molar-refractivity contribution < 1.29 is 0 Å². The van der Waals surface area contributed by atoms with E-state index in [9.17, 15) is 0 Å². The second-order valence-corrected chi connectivity index (χ2v) is 4.43. The summed E-state index contributed by atoms with van der Waals surface area (Å²) in [5.41, 5.74) is 1.16. The minimum Gasteiger partial charge on any atom is -0.297 e. The van der Waals surface area contributed by atoms with E-state index in [1.54, 1.807) is 0 Å². The third-order valence-electron chi connectivity index (χ3n) is 2.34. The highest BCUT2D eigenvalue weighted by Crippen LogP contribution is 2.03. The van der Waals surface area contributed by atoms with Gasteiger partial charge in [0, 0.05) is 24.6 Å². The molecule has 0 atom stereocenters. The molecule has 0 fully saturated rings. The molecule has 1 heterocycles. The first kappa shape index (κ1) is 12.7. The summed E-state index contributed by atoms with van der Waals surface area (Å²) >= 11 is 3.49. The smallest absolute Gasteiger partial charge is 0.0543 e. The van der Waals surface area contributed by atoms with E-state index in [2.05, 4.69) is 44.9 Å². The van der Waals surface area contributed by atoms with E-state index in [-0.39, 0.29) is 0 Å². The summed E-state index contributed by atoms with van der Waals surface area (Å²) in [6.45, 7) is 5.45. The molecule has 0 bridgehead atoms. The Kier molecular flexibility index (Phi) is 6.60. The zero-order valence-electron chi connectivity index (χ0n) is 9.32. The van der Waals surface area contributed by atoms with Crippen molar-refractivity contribution in [2.45, 2.75) is 26.3 Å². The van der Waals surface area contributed by atoms with Crippen LogP contribution in [0.2, 0.25) is 0 Å². The van der Waals surface area contributed by atoms with Crippen molar-refractivity contribution in [2.24, 2.45) is 0 Å². The van der Waals surface area contributed by atoms with Crippen LogP contribution in [0.1, 0.15) is 25.5 Å². The molecule has 0 spiro atoms. The van der Waals surface area contributed by atoms with Crippen molar-refractivity contribution in [2.75, 3.05) is 18.4 Å². The van der Waals surface area contributed by atoms with Gasteiger partial charge in [-0.05, 0) is 25.1 Å². The molecule has 1 aromatic heterocycles. The van der Waals surface area contributed by atoms with Crippen molar-refractivity contribution in [1.29, 1.82) is 0 Å². The normalized spacial score (nSPS) is 10.9. The third kappa shape index (κ3) is 5.28. The maximum atomic E-state index is 4.35. The second kappa shape index (κ2) is 7.83. The van der Waals surface area contributed by atoms with E-state index in [1.165, 1.54) is 19.4 Å². The van der Waals surface area contributed by atoms with Gasteiger partial charge in [-0.15, -0.1) is 0 Å². The van der Waals surface area contributed by atoms with Crippen molar-refractivity contribution in [1.82, 2.24) is 9.88 Å². The first-order chi connectivity index (χ1) is 7.36. The van der Waals surface area contributed by atoms with Crippen LogP contribution in [0.25, 0.3) is 0 Å². The summed E-state index contributed by atoms with van der Waals surface area (Å²) in [5.74, 6) is 0. The number of pyridine rings is 1. The van der Waals surface area contributed by atoms with Gasteiger partial charge < -0.3 is 0 Å². The minimum absolute atomic E-state index is 0.965. The summed E-state index contributed by atoms with van der Waals surface area (Å²) < 4.78 is 0. The van der Waals surface area contributed by atoms with Gasteiger partial charge in [0.05, 0.1) is 5.69 Å². The predicted molar refractivity (Wildman–Crippen MR) is 68.2 cm³/mol. The van der Waals surface area contributed by atoms with Gasteiger partial charge in [0.1, 0.15) is 0 Å².